The Hall–Kier alpha value is -2.96. The summed E-state index contributed by atoms with van der Waals surface area (Å²) in [7, 11) is 0. The van der Waals surface area contributed by atoms with Crippen LogP contribution in [0.4, 0.5) is 5.69 Å². The van der Waals surface area contributed by atoms with Crippen molar-refractivity contribution in [3.63, 3.8) is 0 Å². The number of rotatable bonds is 3. The molecule has 7 nitrogen and oxygen atoms in total. The number of amides is 1. The third-order valence-corrected chi connectivity index (χ3v) is 3.05. The van der Waals surface area contributed by atoms with E-state index in [9.17, 15) is 14.4 Å². The summed E-state index contributed by atoms with van der Waals surface area (Å²) >= 11 is 0. The summed E-state index contributed by atoms with van der Waals surface area (Å²) in [5.74, 6) is -0.732. The van der Waals surface area contributed by atoms with Gasteiger partial charge in [-0.3, -0.25) is 9.59 Å². The SMILES string of the molecule is O=C(Cn1ncccc1=O)Nc1ccc2c(c1)COC2=O. The number of hydrogen-bond acceptors (Lipinski definition) is 5. The highest BCUT2D eigenvalue weighted by atomic mass is 16.5. The van der Waals surface area contributed by atoms with E-state index in [2.05, 4.69) is 10.4 Å². The van der Waals surface area contributed by atoms with Gasteiger partial charge in [0.15, 0.2) is 0 Å². The molecular formula is C14H11N3O4. The summed E-state index contributed by atoms with van der Waals surface area (Å²) in [6, 6.07) is 7.74. The van der Waals surface area contributed by atoms with Crippen molar-refractivity contribution in [3.05, 3.63) is 58.0 Å². The molecule has 0 spiro atoms. The number of benzene rings is 1. The maximum absolute atomic E-state index is 11.9. The fraction of sp³-hybridized carbons (Fsp3) is 0.143. The molecule has 106 valence electrons. The molecule has 1 aliphatic heterocycles. The fourth-order valence-electron chi connectivity index (χ4n) is 2.05. The molecule has 3 rings (SSSR count). The molecule has 0 saturated carbocycles. The van der Waals surface area contributed by atoms with Gasteiger partial charge < -0.3 is 10.1 Å². The highest BCUT2D eigenvalue weighted by Gasteiger charge is 2.21. The van der Waals surface area contributed by atoms with Crippen molar-refractivity contribution in [1.29, 1.82) is 0 Å². The Morgan fingerprint density at radius 2 is 2.19 bits per heavy atom. The molecule has 1 N–H and O–H groups in total. The van der Waals surface area contributed by atoms with Gasteiger partial charge >= 0.3 is 5.97 Å². The van der Waals surface area contributed by atoms with E-state index in [-0.39, 0.29) is 30.6 Å². The predicted molar refractivity (Wildman–Crippen MR) is 72.7 cm³/mol. The van der Waals surface area contributed by atoms with Crippen LogP contribution in [0.1, 0.15) is 15.9 Å². The zero-order valence-electron chi connectivity index (χ0n) is 10.9. The van der Waals surface area contributed by atoms with E-state index < -0.39 is 0 Å². The molecule has 0 radical (unpaired) electrons. The normalized spacial score (nSPS) is 12.7. The Balaban J connectivity index is 1.72. The first-order valence-corrected chi connectivity index (χ1v) is 6.25. The number of ether oxygens (including phenoxy) is 1. The summed E-state index contributed by atoms with van der Waals surface area (Å²) in [5.41, 5.74) is 1.43. The highest BCUT2D eigenvalue weighted by Crippen LogP contribution is 2.23. The smallest absolute Gasteiger partial charge is 0.338 e. The lowest BCUT2D eigenvalue weighted by atomic mass is 10.1. The van der Waals surface area contributed by atoms with Crippen molar-refractivity contribution in [3.8, 4) is 0 Å². The van der Waals surface area contributed by atoms with E-state index in [1.54, 1.807) is 18.2 Å². The summed E-state index contributed by atoms with van der Waals surface area (Å²) in [4.78, 5) is 34.7. The van der Waals surface area contributed by atoms with Crippen LogP contribution in [0, 0.1) is 0 Å². The van der Waals surface area contributed by atoms with Gasteiger partial charge in [0.05, 0.1) is 5.56 Å². The minimum absolute atomic E-state index is 0.174. The number of hydrogen-bond donors (Lipinski definition) is 1. The van der Waals surface area contributed by atoms with Gasteiger partial charge in [-0.15, -0.1) is 0 Å². The third kappa shape index (κ3) is 2.66. The van der Waals surface area contributed by atoms with Crippen LogP contribution in [0.2, 0.25) is 0 Å². The minimum atomic E-state index is -0.374. The van der Waals surface area contributed by atoms with Gasteiger partial charge in [-0.2, -0.15) is 5.10 Å². The zero-order chi connectivity index (χ0) is 14.8. The predicted octanol–water partition coefficient (Wildman–Crippen LogP) is 0.552. The van der Waals surface area contributed by atoms with Crippen LogP contribution in [0.25, 0.3) is 0 Å². The number of anilines is 1. The summed E-state index contributed by atoms with van der Waals surface area (Å²) in [6.45, 7) is 0.0315. The monoisotopic (exact) mass is 285 g/mol. The number of nitrogens with zero attached hydrogens (tertiary/aromatic N) is 2. The Labute approximate surface area is 119 Å². The number of cyclic esters (lactones) is 1. The van der Waals surface area contributed by atoms with E-state index in [1.165, 1.54) is 18.3 Å². The first-order valence-electron chi connectivity index (χ1n) is 6.25. The van der Waals surface area contributed by atoms with E-state index >= 15 is 0 Å². The van der Waals surface area contributed by atoms with Crippen molar-refractivity contribution in [2.24, 2.45) is 0 Å². The van der Waals surface area contributed by atoms with Crippen LogP contribution >= 0.6 is 0 Å². The van der Waals surface area contributed by atoms with Crippen molar-refractivity contribution in [1.82, 2.24) is 9.78 Å². The summed E-state index contributed by atoms with van der Waals surface area (Å²) in [6.07, 6.45) is 1.44. The maximum Gasteiger partial charge on any atom is 0.338 e. The van der Waals surface area contributed by atoms with Crippen LogP contribution in [-0.4, -0.2) is 21.7 Å². The van der Waals surface area contributed by atoms with Gasteiger partial charge in [-0.1, -0.05) is 0 Å². The van der Waals surface area contributed by atoms with Crippen molar-refractivity contribution in [2.45, 2.75) is 13.2 Å². The van der Waals surface area contributed by atoms with Gasteiger partial charge in [-0.25, -0.2) is 9.48 Å². The molecule has 1 aromatic heterocycles. The number of aromatic nitrogens is 2. The molecule has 21 heavy (non-hydrogen) atoms. The van der Waals surface area contributed by atoms with Gasteiger partial charge in [0.25, 0.3) is 5.56 Å². The van der Waals surface area contributed by atoms with E-state index in [0.717, 1.165) is 10.2 Å². The van der Waals surface area contributed by atoms with Gasteiger partial charge in [0, 0.05) is 23.5 Å². The Morgan fingerprint density at radius 1 is 1.33 bits per heavy atom. The quantitative estimate of drug-likeness (QED) is 0.832. The van der Waals surface area contributed by atoms with Crippen LogP contribution in [0.3, 0.4) is 0 Å². The standard InChI is InChI=1S/C14H11N3O4/c18-12(7-17-13(19)2-1-5-15-17)16-10-3-4-11-9(6-10)8-21-14(11)20/h1-6H,7-8H2,(H,16,18). The molecule has 0 fully saturated rings. The fourth-order valence-corrected chi connectivity index (χ4v) is 2.05. The first kappa shape index (κ1) is 13.0. The minimum Gasteiger partial charge on any atom is -0.457 e. The van der Waals surface area contributed by atoms with Gasteiger partial charge in [0.2, 0.25) is 5.91 Å². The van der Waals surface area contributed by atoms with E-state index in [1.807, 2.05) is 0 Å². The van der Waals surface area contributed by atoms with E-state index in [4.69, 9.17) is 4.74 Å². The van der Waals surface area contributed by atoms with Crippen LogP contribution < -0.4 is 10.9 Å². The molecule has 0 saturated heterocycles. The molecular weight excluding hydrogens is 274 g/mol. The van der Waals surface area contributed by atoms with Crippen molar-refractivity contribution >= 4 is 17.6 Å². The Bertz CT molecular complexity index is 782. The van der Waals surface area contributed by atoms with Gasteiger partial charge in [-0.05, 0) is 24.3 Å². The largest absolute Gasteiger partial charge is 0.457 e. The molecule has 1 aliphatic rings. The van der Waals surface area contributed by atoms with Crippen LogP contribution in [-0.2, 0) is 22.7 Å². The number of nitrogens with one attached hydrogen (secondary N) is 1. The lowest BCUT2D eigenvalue weighted by Gasteiger charge is -2.07. The zero-order valence-corrected chi connectivity index (χ0v) is 10.9. The second kappa shape index (κ2) is 5.20. The molecule has 2 heterocycles. The lowest BCUT2D eigenvalue weighted by Crippen LogP contribution is -2.28. The second-order valence-corrected chi connectivity index (χ2v) is 4.52. The molecule has 0 unspecified atom stereocenters. The van der Waals surface area contributed by atoms with E-state index in [0.29, 0.717) is 11.3 Å². The average Bonchev–Trinajstić information content (AvgIpc) is 2.82. The van der Waals surface area contributed by atoms with Crippen molar-refractivity contribution < 1.29 is 14.3 Å². The molecule has 0 atom stereocenters. The average molecular weight is 285 g/mol. The first-order chi connectivity index (χ1) is 10.1. The Morgan fingerprint density at radius 3 is 3.00 bits per heavy atom. The second-order valence-electron chi connectivity index (χ2n) is 4.52. The molecule has 0 aliphatic carbocycles. The number of carbonyl (C=O) groups excluding carboxylic acids is 2. The molecule has 7 heteroatoms. The molecule has 0 bridgehead atoms. The van der Waals surface area contributed by atoms with Crippen molar-refractivity contribution in [2.75, 3.05) is 5.32 Å². The molecule has 1 amide bonds. The summed E-state index contributed by atoms with van der Waals surface area (Å²) in [5, 5.41) is 6.46. The molecule has 1 aromatic carbocycles. The Kier molecular flexibility index (Phi) is 3.23. The number of esters is 1. The van der Waals surface area contributed by atoms with Gasteiger partial charge in [0.1, 0.15) is 13.2 Å². The lowest BCUT2D eigenvalue weighted by molar-refractivity contribution is -0.117. The third-order valence-electron chi connectivity index (χ3n) is 3.05. The number of carbonyl (C=O) groups is 2. The van der Waals surface area contributed by atoms with Crippen LogP contribution in [0.5, 0.6) is 0 Å². The summed E-state index contributed by atoms with van der Waals surface area (Å²) < 4.78 is 5.95. The maximum atomic E-state index is 11.9. The topological polar surface area (TPSA) is 90.3 Å². The highest BCUT2D eigenvalue weighted by molar-refractivity contribution is 5.95. The molecule has 2 aromatic rings. The number of fused-ring (bicyclic) bond motifs is 1. The van der Waals surface area contributed by atoms with Crippen LogP contribution in [0.15, 0.2) is 41.3 Å².